The molecule has 0 bridgehead atoms. The van der Waals surface area contributed by atoms with Crippen LogP contribution in [0.25, 0.3) is 0 Å². The average Bonchev–Trinajstić information content (AvgIpc) is 2.47. The summed E-state index contributed by atoms with van der Waals surface area (Å²) in [7, 11) is 0. The topological polar surface area (TPSA) is 61.6 Å². The quantitative estimate of drug-likeness (QED) is 0.850. The van der Waals surface area contributed by atoms with Gasteiger partial charge in [0, 0.05) is 12.5 Å². The summed E-state index contributed by atoms with van der Waals surface area (Å²) < 4.78 is 11.0. The molecule has 0 spiro atoms. The summed E-state index contributed by atoms with van der Waals surface area (Å²) in [5.74, 6) is -1.21. The molecule has 4 heteroatoms. The van der Waals surface area contributed by atoms with Crippen molar-refractivity contribution in [3.63, 3.8) is 0 Å². The van der Waals surface area contributed by atoms with Crippen molar-refractivity contribution < 1.29 is 14.3 Å². The third-order valence-electron chi connectivity index (χ3n) is 2.95. The van der Waals surface area contributed by atoms with Crippen LogP contribution in [0.1, 0.15) is 18.1 Å². The van der Waals surface area contributed by atoms with Crippen LogP contribution in [0.4, 0.5) is 4.79 Å². The van der Waals surface area contributed by atoms with E-state index >= 15 is 0 Å². The normalized spacial score (nSPS) is 13.4. The predicted octanol–water partition coefficient (Wildman–Crippen LogP) is 3.17. The van der Waals surface area contributed by atoms with Crippen LogP contribution in [0, 0.1) is 0 Å². The second-order valence-electron chi connectivity index (χ2n) is 4.51. The molecule has 104 valence electrons. The van der Waals surface area contributed by atoms with Crippen LogP contribution in [0.3, 0.4) is 0 Å². The van der Waals surface area contributed by atoms with Gasteiger partial charge in [-0.2, -0.15) is 0 Å². The van der Waals surface area contributed by atoms with E-state index in [1.54, 1.807) is 6.92 Å². The molecule has 0 saturated heterocycles. The summed E-state index contributed by atoms with van der Waals surface area (Å²) in [5.41, 5.74) is 6.86. The van der Waals surface area contributed by atoms with Gasteiger partial charge in [0.2, 0.25) is 5.79 Å². The van der Waals surface area contributed by atoms with Gasteiger partial charge in [-0.1, -0.05) is 60.7 Å². The van der Waals surface area contributed by atoms with Crippen molar-refractivity contribution in [2.45, 2.75) is 19.3 Å². The Kier molecular flexibility index (Phi) is 4.38. The average molecular weight is 271 g/mol. The largest absolute Gasteiger partial charge is 0.413 e. The lowest BCUT2D eigenvalue weighted by atomic mass is 10.1. The fourth-order valence-electron chi connectivity index (χ4n) is 1.90. The Hall–Kier alpha value is -2.33. The molecule has 0 aliphatic heterocycles. The number of benzene rings is 2. The van der Waals surface area contributed by atoms with Crippen molar-refractivity contribution in [1.82, 2.24) is 0 Å². The maximum Gasteiger partial charge on any atom is 0.407 e. The molecular formula is C16H17NO3. The number of ether oxygens (including phenoxy) is 2. The second-order valence-corrected chi connectivity index (χ2v) is 4.51. The summed E-state index contributed by atoms with van der Waals surface area (Å²) in [4.78, 5) is 11.1. The molecule has 1 unspecified atom stereocenters. The van der Waals surface area contributed by atoms with Crippen molar-refractivity contribution in [2.75, 3.05) is 0 Å². The van der Waals surface area contributed by atoms with Gasteiger partial charge < -0.3 is 15.2 Å². The van der Waals surface area contributed by atoms with Crippen molar-refractivity contribution in [3.05, 3.63) is 71.8 Å². The van der Waals surface area contributed by atoms with Gasteiger partial charge in [-0.25, -0.2) is 4.79 Å². The van der Waals surface area contributed by atoms with Crippen LogP contribution in [-0.4, -0.2) is 6.09 Å². The molecule has 1 atom stereocenters. The number of rotatable bonds is 5. The number of carbonyl (C=O) groups is 1. The number of amides is 1. The molecular weight excluding hydrogens is 254 g/mol. The number of hydrogen-bond acceptors (Lipinski definition) is 3. The number of primary amides is 1. The highest BCUT2D eigenvalue weighted by atomic mass is 16.7. The van der Waals surface area contributed by atoms with Crippen LogP contribution in [0.15, 0.2) is 60.7 Å². The molecule has 2 aromatic rings. The molecule has 20 heavy (non-hydrogen) atoms. The van der Waals surface area contributed by atoms with Gasteiger partial charge in [-0.15, -0.1) is 0 Å². The predicted molar refractivity (Wildman–Crippen MR) is 75.7 cm³/mol. The first-order chi connectivity index (χ1) is 9.60. The molecule has 0 aliphatic rings. The summed E-state index contributed by atoms with van der Waals surface area (Å²) in [6.07, 6.45) is -0.871. The molecule has 4 nitrogen and oxygen atoms in total. The zero-order valence-electron chi connectivity index (χ0n) is 11.3. The molecule has 0 radical (unpaired) electrons. The van der Waals surface area contributed by atoms with Gasteiger partial charge in [0.05, 0.1) is 6.61 Å². The third kappa shape index (κ3) is 3.59. The van der Waals surface area contributed by atoms with Gasteiger partial charge in [0.25, 0.3) is 0 Å². The van der Waals surface area contributed by atoms with E-state index < -0.39 is 11.9 Å². The van der Waals surface area contributed by atoms with Crippen molar-refractivity contribution in [3.8, 4) is 0 Å². The minimum absolute atomic E-state index is 0.319. The van der Waals surface area contributed by atoms with Gasteiger partial charge >= 0.3 is 6.09 Å². The van der Waals surface area contributed by atoms with Crippen LogP contribution < -0.4 is 5.73 Å². The van der Waals surface area contributed by atoms with E-state index in [0.717, 1.165) is 11.1 Å². The van der Waals surface area contributed by atoms with E-state index in [0.29, 0.717) is 6.61 Å². The molecule has 0 aromatic heterocycles. The number of nitrogens with two attached hydrogens (primary N) is 1. The molecule has 2 rings (SSSR count). The van der Waals surface area contributed by atoms with Crippen LogP contribution >= 0.6 is 0 Å². The zero-order valence-corrected chi connectivity index (χ0v) is 11.3. The number of carbonyl (C=O) groups excluding carboxylic acids is 1. The SMILES string of the molecule is CC(OCc1ccccc1)(OC(N)=O)c1ccccc1. The Morgan fingerprint density at radius 2 is 1.60 bits per heavy atom. The highest BCUT2D eigenvalue weighted by Gasteiger charge is 2.31. The molecule has 0 heterocycles. The highest BCUT2D eigenvalue weighted by molar-refractivity contribution is 5.65. The molecule has 0 saturated carbocycles. The second kappa shape index (κ2) is 6.21. The molecule has 0 fully saturated rings. The lowest BCUT2D eigenvalue weighted by Crippen LogP contribution is -2.34. The van der Waals surface area contributed by atoms with E-state index in [9.17, 15) is 4.79 Å². The standard InChI is InChI=1S/C16H17NO3/c1-16(20-15(17)18,14-10-6-3-7-11-14)19-12-13-8-4-2-5-9-13/h2-11H,12H2,1H3,(H2,17,18). The van der Waals surface area contributed by atoms with Gasteiger partial charge in [-0.05, 0) is 5.56 Å². The molecule has 1 amide bonds. The van der Waals surface area contributed by atoms with E-state index in [-0.39, 0.29) is 0 Å². The zero-order chi connectivity index (χ0) is 14.4. The Bertz CT molecular complexity index is 556. The van der Waals surface area contributed by atoms with Crippen LogP contribution in [0.5, 0.6) is 0 Å². The van der Waals surface area contributed by atoms with E-state index in [1.807, 2.05) is 60.7 Å². The summed E-state index contributed by atoms with van der Waals surface area (Å²) in [6.45, 7) is 2.00. The van der Waals surface area contributed by atoms with Crippen molar-refractivity contribution in [2.24, 2.45) is 5.73 Å². The Morgan fingerprint density at radius 1 is 1.05 bits per heavy atom. The smallest absolute Gasteiger partial charge is 0.407 e. The highest BCUT2D eigenvalue weighted by Crippen LogP contribution is 2.28. The monoisotopic (exact) mass is 271 g/mol. The molecule has 0 aliphatic carbocycles. The van der Waals surface area contributed by atoms with Crippen LogP contribution in [-0.2, 0) is 21.9 Å². The molecule has 2 N–H and O–H groups in total. The minimum atomic E-state index is -1.21. The van der Waals surface area contributed by atoms with E-state index in [4.69, 9.17) is 15.2 Å². The third-order valence-corrected chi connectivity index (χ3v) is 2.95. The summed E-state index contributed by atoms with van der Waals surface area (Å²) >= 11 is 0. The van der Waals surface area contributed by atoms with Crippen LogP contribution in [0.2, 0.25) is 0 Å². The first kappa shape index (κ1) is 14.1. The first-order valence-corrected chi connectivity index (χ1v) is 6.32. The summed E-state index contributed by atoms with van der Waals surface area (Å²) in [5, 5.41) is 0. The van der Waals surface area contributed by atoms with E-state index in [1.165, 1.54) is 0 Å². The Labute approximate surface area is 118 Å². The maximum absolute atomic E-state index is 11.1. The van der Waals surface area contributed by atoms with Crippen molar-refractivity contribution in [1.29, 1.82) is 0 Å². The van der Waals surface area contributed by atoms with Gasteiger partial charge in [0.1, 0.15) is 0 Å². The van der Waals surface area contributed by atoms with Gasteiger partial charge in [0.15, 0.2) is 0 Å². The minimum Gasteiger partial charge on any atom is -0.413 e. The summed E-state index contributed by atoms with van der Waals surface area (Å²) in [6, 6.07) is 18.9. The Morgan fingerprint density at radius 3 is 2.15 bits per heavy atom. The lowest BCUT2D eigenvalue weighted by Gasteiger charge is -2.29. The van der Waals surface area contributed by atoms with Gasteiger partial charge in [-0.3, -0.25) is 0 Å². The molecule has 2 aromatic carbocycles. The fraction of sp³-hybridized carbons (Fsp3) is 0.188. The maximum atomic E-state index is 11.1. The lowest BCUT2D eigenvalue weighted by molar-refractivity contribution is -0.204. The van der Waals surface area contributed by atoms with E-state index in [2.05, 4.69) is 0 Å². The van der Waals surface area contributed by atoms with Crippen molar-refractivity contribution >= 4 is 6.09 Å². The number of hydrogen-bond donors (Lipinski definition) is 1. The fourth-order valence-corrected chi connectivity index (χ4v) is 1.90. The Balaban J connectivity index is 2.17. The first-order valence-electron chi connectivity index (χ1n) is 6.32.